The monoisotopic (exact) mass is 343 g/mol. The SMILES string of the molecule is CN=C(NCCS(C)(=O)=O)NCC(C)Oc1cccc(OC)c1. The molecule has 7 nitrogen and oxygen atoms in total. The summed E-state index contributed by atoms with van der Waals surface area (Å²) >= 11 is 0. The van der Waals surface area contributed by atoms with Crippen LogP contribution in [0.15, 0.2) is 29.3 Å². The number of hydrogen-bond donors (Lipinski definition) is 2. The first-order valence-electron chi connectivity index (χ1n) is 7.27. The Morgan fingerprint density at radius 1 is 1.30 bits per heavy atom. The molecule has 0 bridgehead atoms. The molecule has 0 amide bonds. The van der Waals surface area contributed by atoms with E-state index in [1.807, 2.05) is 31.2 Å². The van der Waals surface area contributed by atoms with Gasteiger partial charge in [0.15, 0.2) is 5.96 Å². The number of benzene rings is 1. The van der Waals surface area contributed by atoms with Crippen molar-refractivity contribution in [2.75, 3.05) is 39.3 Å². The quantitative estimate of drug-likeness (QED) is 0.533. The van der Waals surface area contributed by atoms with Gasteiger partial charge in [-0.3, -0.25) is 4.99 Å². The predicted molar refractivity (Wildman–Crippen MR) is 92.2 cm³/mol. The molecule has 0 spiro atoms. The number of ether oxygens (including phenoxy) is 2. The minimum atomic E-state index is -2.99. The maximum atomic E-state index is 11.1. The molecule has 130 valence electrons. The van der Waals surface area contributed by atoms with E-state index >= 15 is 0 Å². The van der Waals surface area contributed by atoms with Crippen molar-refractivity contribution >= 4 is 15.8 Å². The molecule has 0 aliphatic rings. The Bertz CT molecular complexity index is 617. The second-order valence-electron chi connectivity index (χ2n) is 5.12. The summed E-state index contributed by atoms with van der Waals surface area (Å²) in [7, 11) is 0.247. The molecule has 2 N–H and O–H groups in total. The van der Waals surface area contributed by atoms with E-state index < -0.39 is 9.84 Å². The molecule has 8 heteroatoms. The van der Waals surface area contributed by atoms with E-state index in [2.05, 4.69) is 15.6 Å². The Morgan fingerprint density at radius 3 is 2.61 bits per heavy atom. The van der Waals surface area contributed by atoms with Gasteiger partial charge < -0.3 is 20.1 Å². The number of sulfone groups is 1. The second-order valence-corrected chi connectivity index (χ2v) is 7.38. The molecule has 1 atom stereocenters. The lowest BCUT2D eigenvalue weighted by Crippen LogP contribution is -2.43. The van der Waals surface area contributed by atoms with Gasteiger partial charge >= 0.3 is 0 Å². The van der Waals surface area contributed by atoms with Gasteiger partial charge in [0.2, 0.25) is 0 Å². The van der Waals surface area contributed by atoms with Crippen molar-refractivity contribution in [2.45, 2.75) is 13.0 Å². The van der Waals surface area contributed by atoms with Crippen LogP contribution in [0.25, 0.3) is 0 Å². The smallest absolute Gasteiger partial charge is 0.191 e. The highest BCUT2D eigenvalue weighted by Crippen LogP contribution is 2.19. The summed E-state index contributed by atoms with van der Waals surface area (Å²) in [6.45, 7) is 2.76. The van der Waals surface area contributed by atoms with Crippen LogP contribution in [0.4, 0.5) is 0 Å². The zero-order valence-corrected chi connectivity index (χ0v) is 14.8. The van der Waals surface area contributed by atoms with Crippen molar-refractivity contribution in [2.24, 2.45) is 4.99 Å². The van der Waals surface area contributed by atoms with Crippen molar-refractivity contribution in [3.05, 3.63) is 24.3 Å². The third kappa shape index (κ3) is 8.29. The molecule has 0 aliphatic heterocycles. The Balaban J connectivity index is 2.39. The summed E-state index contributed by atoms with van der Waals surface area (Å²) in [5, 5.41) is 6.04. The molecule has 1 rings (SSSR count). The highest BCUT2D eigenvalue weighted by atomic mass is 32.2. The van der Waals surface area contributed by atoms with Gasteiger partial charge in [0.1, 0.15) is 27.4 Å². The summed E-state index contributed by atoms with van der Waals surface area (Å²) in [4.78, 5) is 4.04. The van der Waals surface area contributed by atoms with Crippen LogP contribution in [-0.2, 0) is 9.84 Å². The zero-order valence-electron chi connectivity index (χ0n) is 14.0. The lowest BCUT2D eigenvalue weighted by atomic mass is 10.3. The van der Waals surface area contributed by atoms with Crippen molar-refractivity contribution in [3.8, 4) is 11.5 Å². The number of aliphatic imine (C=N–C) groups is 1. The Kier molecular flexibility index (Phi) is 7.67. The number of nitrogens with one attached hydrogen (secondary N) is 2. The Morgan fingerprint density at radius 2 is 2.00 bits per heavy atom. The fourth-order valence-corrected chi connectivity index (χ4v) is 2.24. The Hall–Kier alpha value is -1.96. The molecule has 1 unspecified atom stereocenters. The minimum Gasteiger partial charge on any atom is -0.497 e. The lowest BCUT2D eigenvalue weighted by molar-refractivity contribution is 0.223. The normalized spacial score (nSPS) is 13.3. The highest BCUT2D eigenvalue weighted by Gasteiger charge is 2.07. The number of methoxy groups -OCH3 is 1. The average Bonchev–Trinajstić information content (AvgIpc) is 2.49. The van der Waals surface area contributed by atoms with Crippen LogP contribution in [0.3, 0.4) is 0 Å². The Labute approximate surface area is 138 Å². The summed E-state index contributed by atoms with van der Waals surface area (Å²) in [6.07, 6.45) is 1.10. The molecule has 0 heterocycles. The van der Waals surface area contributed by atoms with Crippen LogP contribution in [0, 0.1) is 0 Å². The summed E-state index contributed by atoms with van der Waals surface area (Å²) in [5.41, 5.74) is 0. The fraction of sp³-hybridized carbons (Fsp3) is 0.533. The lowest BCUT2D eigenvalue weighted by Gasteiger charge is -2.18. The number of rotatable bonds is 8. The molecule has 0 aliphatic carbocycles. The van der Waals surface area contributed by atoms with Crippen molar-refractivity contribution in [1.29, 1.82) is 0 Å². The third-order valence-electron chi connectivity index (χ3n) is 2.92. The van der Waals surface area contributed by atoms with Crippen molar-refractivity contribution in [1.82, 2.24) is 10.6 Å². The van der Waals surface area contributed by atoms with Crippen molar-refractivity contribution < 1.29 is 17.9 Å². The number of hydrogen-bond acceptors (Lipinski definition) is 5. The highest BCUT2D eigenvalue weighted by molar-refractivity contribution is 7.90. The van der Waals surface area contributed by atoms with Gasteiger partial charge in [-0.25, -0.2) is 8.42 Å². The number of guanidine groups is 1. The van der Waals surface area contributed by atoms with E-state index in [-0.39, 0.29) is 11.9 Å². The molecule has 0 aromatic heterocycles. The van der Waals surface area contributed by atoms with Gasteiger partial charge in [-0.1, -0.05) is 6.07 Å². The topological polar surface area (TPSA) is 89.0 Å². The van der Waals surface area contributed by atoms with E-state index in [0.717, 1.165) is 11.5 Å². The molecule has 0 saturated heterocycles. The van der Waals surface area contributed by atoms with Crippen LogP contribution in [0.5, 0.6) is 11.5 Å². The van der Waals surface area contributed by atoms with Crippen molar-refractivity contribution in [3.63, 3.8) is 0 Å². The van der Waals surface area contributed by atoms with Crippen LogP contribution in [-0.4, -0.2) is 59.7 Å². The zero-order chi connectivity index (χ0) is 17.3. The van der Waals surface area contributed by atoms with Crippen LogP contribution in [0.2, 0.25) is 0 Å². The first-order valence-corrected chi connectivity index (χ1v) is 9.33. The maximum absolute atomic E-state index is 11.1. The molecule has 1 aromatic carbocycles. The van der Waals surface area contributed by atoms with E-state index in [1.54, 1.807) is 14.2 Å². The standard InChI is InChI=1S/C15H25N3O4S/c1-12(22-14-7-5-6-13(10-14)21-3)11-18-15(16-2)17-8-9-23(4,19)20/h5-7,10,12H,8-9,11H2,1-4H3,(H2,16,17,18). The van der Waals surface area contributed by atoms with Crippen LogP contribution < -0.4 is 20.1 Å². The minimum absolute atomic E-state index is 0.0591. The first-order chi connectivity index (χ1) is 10.8. The van der Waals surface area contributed by atoms with Gasteiger partial charge in [-0.15, -0.1) is 0 Å². The van der Waals surface area contributed by atoms with E-state index in [4.69, 9.17) is 9.47 Å². The number of nitrogens with zero attached hydrogens (tertiary/aromatic N) is 1. The van der Waals surface area contributed by atoms with Gasteiger partial charge in [-0.05, 0) is 19.1 Å². The molecule has 0 fully saturated rings. The van der Waals surface area contributed by atoms with Gasteiger partial charge in [0.25, 0.3) is 0 Å². The van der Waals surface area contributed by atoms with Gasteiger partial charge in [0.05, 0.1) is 19.4 Å². The summed E-state index contributed by atoms with van der Waals surface area (Å²) in [5.74, 6) is 2.05. The molecule has 23 heavy (non-hydrogen) atoms. The molecular weight excluding hydrogens is 318 g/mol. The summed E-state index contributed by atoms with van der Waals surface area (Å²) < 4.78 is 33.1. The average molecular weight is 343 g/mol. The van der Waals surface area contributed by atoms with Gasteiger partial charge in [0, 0.05) is 25.9 Å². The largest absolute Gasteiger partial charge is 0.497 e. The van der Waals surface area contributed by atoms with E-state index in [1.165, 1.54) is 6.26 Å². The fourth-order valence-electron chi connectivity index (χ4n) is 1.76. The first kappa shape index (κ1) is 19.1. The molecular formula is C15H25N3O4S. The van der Waals surface area contributed by atoms with E-state index in [9.17, 15) is 8.42 Å². The van der Waals surface area contributed by atoms with Crippen LogP contribution >= 0.6 is 0 Å². The second kappa shape index (κ2) is 9.24. The predicted octanol–water partition coefficient (Wildman–Crippen LogP) is 0.672. The van der Waals surface area contributed by atoms with Gasteiger partial charge in [-0.2, -0.15) is 0 Å². The molecule has 0 saturated carbocycles. The third-order valence-corrected chi connectivity index (χ3v) is 3.87. The van der Waals surface area contributed by atoms with E-state index in [0.29, 0.717) is 19.0 Å². The molecule has 1 aromatic rings. The summed E-state index contributed by atoms with van der Waals surface area (Å²) in [6, 6.07) is 7.39. The van der Waals surface area contributed by atoms with Crippen LogP contribution in [0.1, 0.15) is 6.92 Å². The maximum Gasteiger partial charge on any atom is 0.191 e. The molecule has 0 radical (unpaired) electrons.